The van der Waals surface area contributed by atoms with Gasteiger partial charge < -0.3 is 5.73 Å². The average Bonchev–Trinajstić information content (AvgIpc) is 2.25. The van der Waals surface area contributed by atoms with Crippen molar-refractivity contribution >= 4 is 0 Å². The van der Waals surface area contributed by atoms with Gasteiger partial charge in [0.2, 0.25) is 0 Å². The predicted molar refractivity (Wildman–Crippen MR) is 66.3 cm³/mol. The van der Waals surface area contributed by atoms with Crippen LogP contribution in [0.25, 0.3) is 0 Å². The van der Waals surface area contributed by atoms with Crippen molar-refractivity contribution in [3.8, 4) is 0 Å². The molecule has 0 radical (unpaired) electrons. The molecule has 0 spiro atoms. The number of benzene rings is 1. The first kappa shape index (κ1) is 15.0. The van der Waals surface area contributed by atoms with Crippen molar-refractivity contribution in [2.45, 2.75) is 25.1 Å². The summed E-state index contributed by atoms with van der Waals surface area (Å²) in [7, 11) is 1.44. The maximum atomic E-state index is 12.1. The minimum atomic E-state index is -4.16. The van der Waals surface area contributed by atoms with Crippen molar-refractivity contribution in [3.63, 3.8) is 0 Å². The summed E-state index contributed by atoms with van der Waals surface area (Å²) in [5.41, 5.74) is 6.99. The van der Waals surface area contributed by atoms with Crippen molar-refractivity contribution < 1.29 is 13.2 Å². The monoisotopic (exact) mass is 260 g/mol. The van der Waals surface area contributed by atoms with Gasteiger partial charge in [0.15, 0.2) is 0 Å². The quantitative estimate of drug-likeness (QED) is 0.851. The van der Waals surface area contributed by atoms with E-state index in [-0.39, 0.29) is 12.6 Å². The molecule has 2 N–H and O–H groups in total. The molecule has 5 heteroatoms. The maximum Gasteiger partial charge on any atom is 0.401 e. The molecule has 0 fully saturated rings. The van der Waals surface area contributed by atoms with E-state index < -0.39 is 12.7 Å². The lowest BCUT2D eigenvalue weighted by Gasteiger charge is -2.22. The van der Waals surface area contributed by atoms with Gasteiger partial charge in [-0.2, -0.15) is 13.2 Å². The van der Waals surface area contributed by atoms with Gasteiger partial charge in [0.1, 0.15) is 0 Å². The number of likely N-dealkylation sites (N-methyl/N-ethyl adjacent to an activating group) is 1. The van der Waals surface area contributed by atoms with Crippen LogP contribution in [-0.2, 0) is 6.42 Å². The van der Waals surface area contributed by atoms with Gasteiger partial charge in [-0.1, -0.05) is 30.3 Å². The predicted octanol–water partition coefficient (Wildman–Crippen LogP) is 2.44. The number of hydrogen-bond donors (Lipinski definition) is 1. The van der Waals surface area contributed by atoms with E-state index in [2.05, 4.69) is 0 Å². The summed E-state index contributed by atoms with van der Waals surface area (Å²) in [5, 5.41) is 0. The van der Waals surface area contributed by atoms with Crippen LogP contribution in [0.15, 0.2) is 30.3 Å². The number of alkyl halides is 3. The van der Waals surface area contributed by atoms with E-state index in [1.165, 1.54) is 11.9 Å². The molecule has 1 aromatic rings. The first-order chi connectivity index (χ1) is 8.37. The Kier molecular flexibility index (Phi) is 5.62. The fourth-order valence-corrected chi connectivity index (χ4v) is 1.86. The lowest BCUT2D eigenvalue weighted by molar-refractivity contribution is -0.143. The van der Waals surface area contributed by atoms with Crippen LogP contribution in [0.2, 0.25) is 0 Å². The molecule has 0 aliphatic rings. The zero-order valence-electron chi connectivity index (χ0n) is 10.5. The van der Waals surface area contributed by atoms with Gasteiger partial charge >= 0.3 is 6.18 Å². The van der Waals surface area contributed by atoms with Gasteiger partial charge in [-0.15, -0.1) is 0 Å². The molecule has 1 aromatic carbocycles. The molecule has 0 saturated heterocycles. The van der Waals surface area contributed by atoms with E-state index in [1.807, 2.05) is 30.3 Å². The van der Waals surface area contributed by atoms with Gasteiger partial charge in [-0.05, 0) is 25.5 Å². The Balaban J connectivity index is 2.27. The van der Waals surface area contributed by atoms with E-state index >= 15 is 0 Å². The third-order valence-electron chi connectivity index (χ3n) is 2.64. The molecule has 0 aliphatic carbocycles. The largest absolute Gasteiger partial charge is 0.401 e. The van der Waals surface area contributed by atoms with Crippen LogP contribution in [0, 0.1) is 0 Å². The zero-order valence-corrected chi connectivity index (χ0v) is 10.5. The third-order valence-corrected chi connectivity index (χ3v) is 2.64. The normalized spacial score (nSPS) is 13.9. The molecule has 1 rings (SSSR count). The molecule has 0 heterocycles. The first-order valence-electron chi connectivity index (χ1n) is 5.91. The van der Waals surface area contributed by atoms with E-state index in [9.17, 15) is 13.2 Å². The average molecular weight is 260 g/mol. The molecule has 0 aliphatic heterocycles. The van der Waals surface area contributed by atoms with E-state index in [4.69, 9.17) is 5.73 Å². The second-order valence-electron chi connectivity index (χ2n) is 4.60. The Bertz CT molecular complexity index is 338. The summed E-state index contributed by atoms with van der Waals surface area (Å²) >= 11 is 0. The number of rotatable bonds is 6. The lowest BCUT2D eigenvalue weighted by atomic mass is 10.1. The Morgan fingerprint density at radius 2 is 1.83 bits per heavy atom. The van der Waals surface area contributed by atoms with Crippen molar-refractivity contribution in [3.05, 3.63) is 35.9 Å². The summed E-state index contributed by atoms with van der Waals surface area (Å²) in [6, 6.07) is 9.56. The molecule has 0 bridgehead atoms. The minimum absolute atomic E-state index is 0.238. The fraction of sp³-hybridized carbons (Fsp3) is 0.538. The zero-order chi connectivity index (χ0) is 13.6. The first-order valence-corrected chi connectivity index (χ1v) is 5.91. The molecular formula is C13H19F3N2. The minimum Gasteiger partial charge on any atom is -0.327 e. The van der Waals surface area contributed by atoms with Crippen LogP contribution in [0.4, 0.5) is 13.2 Å². The number of hydrogen-bond acceptors (Lipinski definition) is 2. The van der Waals surface area contributed by atoms with Crippen molar-refractivity contribution in [1.29, 1.82) is 0 Å². The van der Waals surface area contributed by atoms with Gasteiger partial charge in [0.05, 0.1) is 6.54 Å². The van der Waals surface area contributed by atoms with Crippen LogP contribution >= 0.6 is 0 Å². The van der Waals surface area contributed by atoms with Gasteiger partial charge in [0, 0.05) is 12.6 Å². The van der Waals surface area contributed by atoms with Gasteiger partial charge in [-0.3, -0.25) is 4.90 Å². The molecule has 1 unspecified atom stereocenters. The van der Waals surface area contributed by atoms with Crippen LogP contribution in [0.5, 0.6) is 0 Å². The number of halogens is 3. The standard InChI is InChI=1S/C13H19F3N2/c1-18(10-13(14,15)16)9-12(17)8-7-11-5-3-2-4-6-11/h2-6,12H,7-10,17H2,1H3. The van der Waals surface area contributed by atoms with Crippen molar-refractivity contribution in [2.24, 2.45) is 5.73 Å². The van der Waals surface area contributed by atoms with Crippen molar-refractivity contribution in [1.82, 2.24) is 4.90 Å². The molecule has 0 aromatic heterocycles. The number of nitrogens with zero attached hydrogens (tertiary/aromatic N) is 1. The third kappa shape index (κ3) is 6.61. The van der Waals surface area contributed by atoms with Crippen LogP contribution in [0.3, 0.4) is 0 Å². The highest BCUT2D eigenvalue weighted by Crippen LogP contribution is 2.15. The second-order valence-corrected chi connectivity index (χ2v) is 4.60. The smallest absolute Gasteiger partial charge is 0.327 e. The fourth-order valence-electron chi connectivity index (χ4n) is 1.86. The second kappa shape index (κ2) is 6.75. The van der Waals surface area contributed by atoms with Gasteiger partial charge in [0.25, 0.3) is 0 Å². The summed E-state index contributed by atoms with van der Waals surface area (Å²) in [4.78, 5) is 1.22. The SMILES string of the molecule is CN(CC(N)CCc1ccccc1)CC(F)(F)F. The highest BCUT2D eigenvalue weighted by molar-refractivity contribution is 5.14. The number of nitrogens with two attached hydrogens (primary N) is 1. The maximum absolute atomic E-state index is 12.1. The number of aryl methyl sites for hydroxylation is 1. The Morgan fingerprint density at radius 3 is 2.39 bits per heavy atom. The van der Waals surface area contributed by atoms with E-state index in [1.54, 1.807) is 0 Å². The highest BCUT2D eigenvalue weighted by Gasteiger charge is 2.29. The van der Waals surface area contributed by atoms with Crippen LogP contribution in [-0.4, -0.2) is 37.3 Å². The summed E-state index contributed by atoms with van der Waals surface area (Å²) in [6.07, 6.45) is -2.68. The Labute approximate surface area is 106 Å². The molecule has 1 atom stereocenters. The molecular weight excluding hydrogens is 241 g/mol. The molecule has 18 heavy (non-hydrogen) atoms. The Hall–Kier alpha value is -1.07. The highest BCUT2D eigenvalue weighted by atomic mass is 19.4. The van der Waals surface area contributed by atoms with Crippen molar-refractivity contribution in [2.75, 3.05) is 20.1 Å². The van der Waals surface area contributed by atoms with E-state index in [0.29, 0.717) is 6.42 Å². The van der Waals surface area contributed by atoms with Crippen LogP contribution in [0.1, 0.15) is 12.0 Å². The topological polar surface area (TPSA) is 29.3 Å². The molecule has 2 nitrogen and oxygen atoms in total. The summed E-state index contributed by atoms with van der Waals surface area (Å²) in [5.74, 6) is 0. The van der Waals surface area contributed by atoms with Crippen LogP contribution < -0.4 is 5.73 Å². The molecule has 0 amide bonds. The summed E-state index contributed by atoms with van der Waals surface area (Å²) < 4.78 is 36.4. The molecule has 0 saturated carbocycles. The van der Waals surface area contributed by atoms with Gasteiger partial charge in [-0.25, -0.2) is 0 Å². The van der Waals surface area contributed by atoms with E-state index in [0.717, 1.165) is 12.0 Å². The lowest BCUT2D eigenvalue weighted by Crippen LogP contribution is -2.40. The Morgan fingerprint density at radius 1 is 1.22 bits per heavy atom. The summed E-state index contributed by atoms with van der Waals surface area (Å²) in [6.45, 7) is -0.654. The molecule has 102 valence electrons.